The highest BCUT2D eigenvalue weighted by molar-refractivity contribution is 5.30. The van der Waals surface area contributed by atoms with E-state index in [9.17, 15) is 0 Å². The molecule has 60 valence electrons. The zero-order chi connectivity index (χ0) is 8.69. The van der Waals surface area contributed by atoms with Crippen LogP contribution in [0.15, 0.2) is 49.1 Å². The molecule has 0 aromatic heterocycles. The van der Waals surface area contributed by atoms with Gasteiger partial charge in [0.05, 0.1) is 0 Å². The molecule has 0 N–H and O–H groups in total. The van der Waals surface area contributed by atoms with Gasteiger partial charge in [-0.1, -0.05) is 57.4 Å². The first-order valence-electron chi connectivity index (χ1n) is 3.84. The van der Waals surface area contributed by atoms with E-state index in [1.807, 2.05) is 18.2 Å². The Morgan fingerprint density at radius 1 is 1.27 bits per heavy atom. The summed E-state index contributed by atoms with van der Waals surface area (Å²) in [5.74, 6) is 0.567. The van der Waals surface area contributed by atoms with Gasteiger partial charge in [-0.05, 0) is 11.5 Å². The SMILES string of the molecule is C=C/C=C\C(C=C)=C/C(C)C. The standard InChI is InChI=1S/C11H16/c1-5-7-8-11(6-2)9-10(3)4/h5-10H,1-2H2,3-4H3/b8-7-,11-9-. The van der Waals surface area contributed by atoms with Crippen LogP contribution in [0.2, 0.25) is 0 Å². The van der Waals surface area contributed by atoms with Gasteiger partial charge in [0.1, 0.15) is 0 Å². The second-order valence-electron chi connectivity index (χ2n) is 2.71. The Kier molecular flexibility index (Phi) is 5.18. The Morgan fingerprint density at radius 2 is 1.91 bits per heavy atom. The van der Waals surface area contributed by atoms with Gasteiger partial charge >= 0.3 is 0 Å². The quantitative estimate of drug-likeness (QED) is 0.535. The molecule has 0 saturated carbocycles. The molecule has 0 fully saturated rings. The summed E-state index contributed by atoms with van der Waals surface area (Å²) in [5, 5.41) is 0. The highest BCUT2D eigenvalue weighted by atomic mass is 13.9. The molecule has 0 atom stereocenters. The lowest BCUT2D eigenvalue weighted by Gasteiger charge is -1.96. The summed E-state index contributed by atoms with van der Waals surface area (Å²) in [6, 6.07) is 0. The molecule has 0 radical (unpaired) electrons. The minimum absolute atomic E-state index is 0.567. The molecule has 0 saturated heterocycles. The maximum atomic E-state index is 3.71. The molecule has 0 nitrogen and oxygen atoms in total. The Hall–Kier alpha value is -1.04. The van der Waals surface area contributed by atoms with Gasteiger partial charge < -0.3 is 0 Å². The molecule has 0 heterocycles. The lowest BCUT2D eigenvalue weighted by molar-refractivity contribution is 0.828. The van der Waals surface area contributed by atoms with Gasteiger partial charge in [-0.25, -0.2) is 0 Å². The maximum absolute atomic E-state index is 3.71. The van der Waals surface area contributed by atoms with E-state index in [0.717, 1.165) is 5.57 Å². The first-order valence-corrected chi connectivity index (χ1v) is 3.84. The first-order chi connectivity index (χ1) is 5.20. The second kappa shape index (κ2) is 5.72. The molecule has 0 aromatic carbocycles. The lowest BCUT2D eigenvalue weighted by atomic mass is 10.1. The van der Waals surface area contributed by atoms with Gasteiger partial charge in [0, 0.05) is 0 Å². The molecule has 0 aliphatic heterocycles. The van der Waals surface area contributed by atoms with E-state index in [2.05, 4.69) is 33.1 Å². The molecule has 0 heteroatoms. The van der Waals surface area contributed by atoms with Crippen LogP contribution < -0.4 is 0 Å². The van der Waals surface area contributed by atoms with Gasteiger partial charge in [0.25, 0.3) is 0 Å². The van der Waals surface area contributed by atoms with Crippen LogP contribution in [0.25, 0.3) is 0 Å². The fraction of sp³-hybridized carbons (Fsp3) is 0.273. The average Bonchev–Trinajstić information content (AvgIpc) is 1.97. The van der Waals surface area contributed by atoms with Crippen molar-refractivity contribution in [3.63, 3.8) is 0 Å². The summed E-state index contributed by atoms with van der Waals surface area (Å²) in [7, 11) is 0. The van der Waals surface area contributed by atoms with Crippen LogP contribution >= 0.6 is 0 Å². The van der Waals surface area contributed by atoms with Crippen LogP contribution in [0.1, 0.15) is 13.8 Å². The molecule has 0 unspecified atom stereocenters. The number of hydrogen-bond acceptors (Lipinski definition) is 0. The highest BCUT2D eigenvalue weighted by Crippen LogP contribution is 2.04. The molecular weight excluding hydrogens is 132 g/mol. The number of rotatable bonds is 4. The number of allylic oxidation sites excluding steroid dienone is 6. The summed E-state index contributed by atoms with van der Waals surface area (Å²) in [5.41, 5.74) is 1.15. The van der Waals surface area contributed by atoms with Crippen LogP contribution in [0.4, 0.5) is 0 Å². The molecule has 0 spiro atoms. The van der Waals surface area contributed by atoms with Crippen LogP contribution in [0, 0.1) is 5.92 Å². The van der Waals surface area contributed by atoms with Crippen molar-refractivity contribution in [1.82, 2.24) is 0 Å². The van der Waals surface area contributed by atoms with Crippen molar-refractivity contribution in [3.05, 3.63) is 49.1 Å². The van der Waals surface area contributed by atoms with Crippen molar-refractivity contribution in [2.24, 2.45) is 5.92 Å². The summed E-state index contributed by atoms with van der Waals surface area (Å²) in [4.78, 5) is 0. The Morgan fingerprint density at radius 3 is 2.27 bits per heavy atom. The predicted molar refractivity (Wildman–Crippen MR) is 52.5 cm³/mol. The third-order valence-corrected chi connectivity index (χ3v) is 1.19. The van der Waals surface area contributed by atoms with Gasteiger partial charge in [0.15, 0.2) is 0 Å². The molecule has 0 aliphatic rings. The van der Waals surface area contributed by atoms with Crippen LogP contribution in [0.3, 0.4) is 0 Å². The molecular formula is C11H16. The van der Waals surface area contributed by atoms with Gasteiger partial charge in [-0.15, -0.1) is 0 Å². The fourth-order valence-electron chi connectivity index (χ4n) is 0.756. The Balaban J connectivity index is 4.27. The van der Waals surface area contributed by atoms with E-state index in [-0.39, 0.29) is 0 Å². The zero-order valence-electron chi connectivity index (χ0n) is 7.38. The predicted octanol–water partition coefficient (Wildman–Crippen LogP) is 3.50. The van der Waals surface area contributed by atoms with Crippen LogP contribution in [0.5, 0.6) is 0 Å². The smallest absolute Gasteiger partial charge is 0.0281 e. The van der Waals surface area contributed by atoms with Crippen molar-refractivity contribution in [2.45, 2.75) is 13.8 Å². The van der Waals surface area contributed by atoms with Crippen molar-refractivity contribution in [1.29, 1.82) is 0 Å². The van der Waals surface area contributed by atoms with Crippen LogP contribution in [-0.4, -0.2) is 0 Å². The summed E-state index contributed by atoms with van der Waals surface area (Å²) in [6.45, 7) is 11.6. The lowest BCUT2D eigenvalue weighted by Crippen LogP contribution is -1.80. The van der Waals surface area contributed by atoms with E-state index in [1.54, 1.807) is 6.08 Å². The van der Waals surface area contributed by atoms with Gasteiger partial charge in [-0.2, -0.15) is 0 Å². The fourth-order valence-corrected chi connectivity index (χ4v) is 0.756. The number of hydrogen-bond donors (Lipinski definition) is 0. The first kappa shape index (κ1) is 9.96. The minimum Gasteiger partial charge on any atom is -0.0991 e. The Bertz CT molecular complexity index is 180. The normalized spacial score (nSPS) is 12.5. The zero-order valence-corrected chi connectivity index (χ0v) is 7.38. The maximum Gasteiger partial charge on any atom is -0.0281 e. The second-order valence-corrected chi connectivity index (χ2v) is 2.71. The van der Waals surface area contributed by atoms with E-state index in [1.165, 1.54) is 0 Å². The monoisotopic (exact) mass is 148 g/mol. The van der Waals surface area contributed by atoms with Crippen molar-refractivity contribution in [3.8, 4) is 0 Å². The molecule has 0 aliphatic carbocycles. The van der Waals surface area contributed by atoms with Gasteiger partial charge in [0.2, 0.25) is 0 Å². The summed E-state index contributed by atoms with van der Waals surface area (Å²) in [6.07, 6.45) is 9.68. The third-order valence-electron chi connectivity index (χ3n) is 1.19. The molecule has 0 bridgehead atoms. The third kappa shape index (κ3) is 5.41. The molecule has 11 heavy (non-hydrogen) atoms. The minimum atomic E-state index is 0.567. The van der Waals surface area contributed by atoms with Crippen molar-refractivity contribution < 1.29 is 0 Å². The molecule has 0 aromatic rings. The summed E-state index contributed by atoms with van der Waals surface area (Å²) < 4.78 is 0. The summed E-state index contributed by atoms with van der Waals surface area (Å²) >= 11 is 0. The largest absolute Gasteiger partial charge is 0.0991 e. The van der Waals surface area contributed by atoms with E-state index in [0.29, 0.717) is 5.92 Å². The van der Waals surface area contributed by atoms with Crippen molar-refractivity contribution >= 4 is 0 Å². The van der Waals surface area contributed by atoms with Crippen molar-refractivity contribution in [2.75, 3.05) is 0 Å². The van der Waals surface area contributed by atoms with E-state index in [4.69, 9.17) is 0 Å². The topological polar surface area (TPSA) is 0 Å². The Labute approximate surface area is 69.6 Å². The van der Waals surface area contributed by atoms with Gasteiger partial charge in [-0.3, -0.25) is 0 Å². The average molecular weight is 148 g/mol. The van der Waals surface area contributed by atoms with E-state index >= 15 is 0 Å². The molecule has 0 amide bonds. The van der Waals surface area contributed by atoms with E-state index < -0.39 is 0 Å². The highest BCUT2D eigenvalue weighted by Gasteiger charge is 1.87. The van der Waals surface area contributed by atoms with Crippen LogP contribution in [-0.2, 0) is 0 Å². The molecule has 0 rings (SSSR count).